The number of rotatable bonds is 3. The van der Waals surface area contributed by atoms with E-state index in [0.29, 0.717) is 12.8 Å². The van der Waals surface area contributed by atoms with Crippen molar-refractivity contribution in [1.29, 1.82) is 0 Å². The van der Waals surface area contributed by atoms with Gasteiger partial charge in [-0.05, 0) is 40.0 Å². The van der Waals surface area contributed by atoms with Gasteiger partial charge in [0.25, 0.3) is 0 Å². The number of aliphatic hydroxyl groups is 1. The molecule has 1 atom stereocenters. The van der Waals surface area contributed by atoms with Crippen LogP contribution in [0.2, 0.25) is 0 Å². The summed E-state index contributed by atoms with van der Waals surface area (Å²) in [5, 5.41) is 11.6. The third-order valence-corrected chi connectivity index (χ3v) is 3.04. The first-order valence-electron chi connectivity index (χ1n) is 6.20. The molecule has 4 nitrogen and oxygen atoms in total. The highest BCUT2D eigenvalue weighted by atomic mass is 19.4. The fraction of sp³-hybridized carbons (Fsp3) is 0.917. The molecule has 1 rings (SSSR count). The third kappa shape index (κ3) is 4.89. The molecule has 1 aliphatic carbocycles. The lowest BCUT2D eigenvalue weighted by atomic mass is 9.73. The molecule has 1 amide bonds. The van der Waals surface area contributed by atoms with Gasteiger partial charge in [0.1, 0.15) is 5.60 Å². The summed E-state index contributed by atoms with van der Waals surface area (Å²) >= 11 is 0. The largest absolute Gasteiger partial charge is 0.444 e. The summed E-state index contributed by atoms with van der Waals surface area (Å²) < 4.78 is 42.1. The van der Waals surface area contributed by atoms with E-state index in [1.54, 1.807) is 20.8 Å². The molecular formula is C12H20F3NO3. The van der Waals surface area contributed by atoms with Crippen LogP contribution in [0, 0.1) is 0 Å². The van der Waals surface area contributed by atoms with E-state index in [1.807, 2.05) is 0 Å². The maximum Gasteiger partial charge on any atom is 0.414 e. The second kappa shape index (κ2) is 5.19. The van der Waals surface area contributed by atoms with Crippen LogP contribution in [0.4, 0.5) is 18.0 Å². The number of alkyl carbamates (subject to hydrolysis) is 1. The van der Waals surface area contributed by atoms with E-state index in [4.69, 9.17) is 9.84 Å². The van der Waals surface area contributed by atoms with Crippen LogP contribution in [0.25, 0.3) is 0 Å². The molecule has 1 fully saturated rings. The van der Waals surface area contributed by atoms with Gasteiger partial charge in [-0.2, -0.15) is 13.2 Å². The number of carbonyl (C=O) groups excluding carboxylic acids is 1. The van der Waals surface area contributed by atoms with E-state index in [1.165, 1.54) is 0 Å². The molecular weight excluding hydrogens is 263 g/mol. The van der Waals surface area contributed by atoms with Crippen LogP contribution < -0.4 is 5.32 Å². The van der Waals surface area contributed by atoms with Crippen molar-refractivity contribution in [1.82, 2.24) is 5.32 Å². The molecule has 0 aromatic rings. The highest BCUT2D eigenvalue weighted by Gasteiger charge is 2.48. The topological polar surface area (TPSA) is 58.6 Å². The Hall–Kier alpha value is -0.980. The van der Waals surface area contributed by atoms with Crippen molar-refractivity contribution in [3.8, 4) is 0 Å². The zero-order valence-corrected chi connectivity index (χ0v) is 11.3. The Kier molecular flexibility index (Phi) is 4.39. The maximum absolute atomic E-state index is 12.4. The molecule has 0 spiro atoms. The average molecular weight is 283 g/mol. The van der Waals surface area contributed by atoms with Crippen LogP contribution in [0.15, 0.2) is 0 Å². The SMILES string of the molecule is CC(C)(C)OC(=O)NC1(CC(O)C(F)(F)F)CCC1. The quantitative estimate of drug-likeness (QED) is 0.837. The molecule has 0 aromatic carbocycles. The van der Waals surface area contributed by atoms with Gasteiger partial charge >= 0.3 is 12.3 Å². The van der Waals surface area contributed by atoms with Crippen molar-refractivity contribution in [3.05, 3.63) is 0 Å². The molecule has 0 aliphatic heterocycles. The van der Waals surface area contributed by atoms with Crippen molar-refractivity contribution >= 4 is 6.09 Å². The first kappa shape index (κ1) is 16.1. The summed E-state index contributed by atoms with van der Waals surface area (Å²) in [4.78, 5) is 11.6. The number of amides is 1. The van der Waals surface area contributed by atoms with Gasteiger partial charge in [-0.25, -0.2) is 4.79 Å². The van der Waals surface area contributed by atoms with Crippen LogP contribution in [0.3, 0.4) is 0 Å². The molecule has 112 valence electrons. The zero-order chi connectivity index (χ0) is 14.9. The minimum absolute atomic E-state index is 0.416. The number of ether oxygens (including phenoxy) is 1. The Balaban J connectivity index is 2.59. The third-order valence-electron chi connectivity index (χ3n) is 3.04. The van der Waals surface area contributed by atoms with Gasteiger partial charge in [-0.3, -0.25) is 0 Å². The molecule has 2 N–H and O–H groups in total. The Morgan fingerprint density at radius 3 is 2.21 bits per heavy atom. The van der Waals surface area contributed by atoms with Gasteiger partial charge in [0.05, 0.1) is 0 Å². The molecule has 0 aromatic heterocycles. The van der Waals surface area contributed by atoms with Crippen molar-refractivity contribution < 1.29 is 27.8 Å². The molecule has 0 heterocycles. The molecule has 0 saturated heterocycles. The van der Waals surface area contributed by atoms with Crippen molar-refractivity contribution in [2.45, 2.75) is 69.9 Å². The number of nitrogens with one attached hydrogen (secondary N) is 1. The predicted octanol–water partition coefficient (Wildman–Crippen LogP) is 2.75. The van der Waals surface area contributed by atoms with E-state index >= 15 is 0 Å². The minimum Gasteiger partial charge on any atom is -0.444 e. The van der Waals surface area contributed by atoms with Gasteiger partial charge in [-0.15, -0.1) is 0 Å². The fourth-order valence-corrected chi connectivity index (χ4v) is 1.99. The number of aliphatic hydroxyl groups excluding tert-OH is 1. The smallest absolute Gasteiger partial charge is 0.414 e. The standard InChI is InChI=1S/C12H20F3NO3/c1-10(2,3)19-9(18)16-11(5-4-6-11)7-8(17)12(13,14)15/h8,17H,4-7H2,1-3H3,(H,16,18). The van der Waals surface area contributed by atoms with Gasteiger partial charge in [0.15, 0.2) is 6.10 Å². The predicted molar refractivity (Wildman–Crippen MR) is 62.6 cm³/mol. The molecule has 7 heteroatoms. The molecule has 1 saturated carbocycles. The first-order valence-corrected chi connectivity index (χ1v) is 6.20. The Morgan fingerprint density at radius 2 is 1.89 bits per heavy atom. The van der Waals surface area contributed by atoms with Crippen molar-refractivity contribution in [2.24, 2.45) is 0 Å². The van der Waals surface area contributed by atoms with Crippen LogP contribution in [-0.2, 0) is 4.74 Å². The first-order chi connectivity index (χ1) is 8.44. The van der Waals surface area contributed by atoms with Crippen LogP contribution in [0.5, 0.6) is 0 Å². The maximum atomic E-state index is 12.4. The summed E-state index contributed by atoms with van der Waals surface area (Å²) in [7, 11) is 0. The Morgan fingerprint density at radius 1 is 1.37 bits per heavy atom. The minimum atomic E-state index is -4.67. The van der Waals surface area contributed by atoms with Crippen molar-refractivity contribution in [3.63, 3.8) is 0 Å². The molecule has 1 aliphatic rings. The van der Waals surface area contributed by atoms with E-state index in [0.717, 1.165) is 6.42 Å². The zero-order valence-electron chi connectivity index (χ0n) is 11.3. The van der Waals surface area contributed by atoms with Gasteiger partial charge < -0.3 is 15.2 Å². The van der Waals surface area contributed by atoms with E-state index < -0.39 is 35.9 Å². The monoisotopic (exact) mass is 283 g/mol. The molecule has 0 radical (unpaired) electrons. The van der Waals surface area contributed by atoms with E-state index in [2.05, 4.69) is 5.32 Å². The summed E-state index contributed by atoms with van der Waals surface area (Å²) in [5.74, 6) is 0. The van der Waals surface area contributed by atoms with Gasteiger partial charge in [0.2, 0.25) is 0 Å². The van der Waals surface area contributed by atoms with Crippen LogP contribution in [-0.4, -0.2) is 34.6 Å². The summed E-state index contributed by atoms with van der Waals surface area (Å²) in [6.07, 6.45) is -6.82. The highest BCUT2D eigenvalue weighted by molar-refractivity contribution is 5.69. The van der Waals surface area contributed by atoms with E-state index in [9.17, 15) is 18.0 Å². The second-order valence-corrected chi connectivity index (χ2v) is 6.02. The van der Waals surface area contributed by atoms with Crippen LogP contribution >= 0.6 is 0 Å². The lowest BCUT2D eigenvalue weighted by Gasteiger charge is -2.44. The number of halogens is 3. The number of hydrogen-bond acceptors (Lipinski definition) is 3. The molecule has 0 bridgehead atoms. The van der Waals surface area contributed by atoms with Gasteiger partial charge in [-0.1, -0.05) is 0 Å². The number of carbonyl (C=O) groups is 1. The molecule has 19 heavy (non-hydrogen) atoms. The lowest BCUT2D eigenvalue weighted by Crippen LogP contribution is -2.57. The summed E-state index contributed by atoms with van der Waals surface area (Å²) in [6.45, 7) is 5.01. The normalized spacial score (nSPS) is 20.4. The summed E-state index contributed by atoms with van der Waals surface area (Å²) in [6, 6.07) is 0. The lowest BCUT2D eigenvalue weighted by molar-refractivity contribution is -0.212. The Bertz CT molecular complexity index is 332. The highest BCUT2D eigenvalue weighted by Crippen LogP contribution is 2.39. The van der Waals surface area contributed by atoms with Gasteiger partial charge in [0, 0.05) is 12.0 Å². The average Bonchev–Trinajstić information content (AvgIpc) is 2.09. The Labute approximate surface area is 110 Å². The molecule has 1 unspecified atom stereocenters. The number of alkyl halides is 3. The summed E-state index contributed by atoms with van der Waals surface area (Å²) in [5.41, 5.74) is -1.71. The number of hydrogen-bond donors (Lipinski definition) is 2. The van der Waals surface area contributed by atoms with Crippen molar-refractivity contribution in [2.75, 3.05) is 0 Å². The second-order valence-electron chi connectivity index (χ2n) is 6.02. The van der Waals surface area contributed by atoms with Crippen LogP contribution in [0.1, 0.15) is 46.5 Å². The van der Waals surface area contributed by atoms with E-state index in [-0.39, 0.29) is 0 Å². The fourth-order valence-electron chi connectivity index (χ4n) is 1.99.